The number of aliphatic hydroxyl groups excluding tert-OH is 1. The first-order chi connectivity index (χ1) is 9.28. The summed E-state index contributed by atoms with van der Waals surface area (Å²) in [6.45, 7) is 0.478. The minimum atomic E-state index is 0.0468. The van der Waals surface area contributed by atoms with Crippen LogP contribution in [0.1, 0.15) is 0 Å². The second-order valence-electron chi connectivity index (χ2n) is 3.78. The Bertz CT molecular complexity index is 710. The molecule has 3 heterocycles. The van der Waals surface area contributed by atoms with Gasteiger partial charge in [0.25, 0.3) is 0 Å². The molecule has 0 aliphatic carbocycles. The Kier molecular flexibility index (Phi) is 3.65. The first-order valence-corrected chi connectivity index (χ1v) is 7.71. The van der Waals surface area contributed by atoms with Gasteiger partial charge in [-0.25, -0.2) is 9.97 Å². The fraction of sp³-hybridized carbons (Fsp3) is 0.167. The van der Waals surface area contributed by atoms with Crippen molar-refractivity contribution in [3.63, 3.8) is 0 Å². The molecule has 3 rings (SSSR count). The zero-order chi connectivity index (χ0) is 13.2. The lowest BCUT2D eigenvalue weighted by Crippen LogP contribution is -2.08. The van der Waals surface area contributed by atoms with Crippen LogP contribution in [0.15, 0.2) is 23.6 Å². The normalized spacial score (nSPS) is 11.1. The van der Waals surface area contributed by atoms with E-state index in [0.29, 0.717) is 12.5 Å². The van der Waals surface area contributed by atoms with E-state index in [-0.39, 0.29) is 6.61 Å². The smallest absolute Gasteiger partial charge is 0.223 e. The van der Waals surface area contributed by atoms with Gasteiger partial charge in [-0.3, -0.25) is 0 Å². The van der Waals surface area contributed by atoms with Gasteiger partial charge in [0.1, 0.15) is 5.69 Å². The van der Waals surface area contributed by atoms with Crippen LogP contribution in [0.2, 0.25) is 4.34 Å². The van der Waals surface area contributed by atoms with Gasteiger partial charge in [-0.15, -0.1) is 22.7 Å². The van der Waals surface area contributed by atoms with Gasteiger partial charge in [-0.05, 0) is 23.6 Å². The second-order valence-corrected chi connectivity index (χ2v) is 6.42. The molecule has 0 aliphatic rings. The van der Waals surface area contributed by atoms with Crippen LogP contribution in [0.4, 0.5) is 5.95 Å². The average Bonchev–Trinajstić information content (AvgIpc) is 3.03. The molecule has 0 aliphatic heterocycles. The zero-order valence-electron chi connectivity index (χ0n) is 9.76. The van der Waals surface area contributed by atoms with Crippen LogP contribution in [0.25, 0.3) is 20.8 Å². The van der Waals surface area contributed by atoms with E-state index in [4.69, 9.17) is 16.7 Å². The Labute approximate surface area is 122 Å². The molecule has 0 saturated carbocycles. The molecular formula is C12H10ClN3OS2. The number of nitrogens with one attached hydrogen (secondary N) is 1. The molecule has 7 heteroatoms. The molecule has 3 aromatic heterocycles. The van der Waals surface area contributed by atoms with Crippen molar-refractivity contribution in [2.75, 3.05) is 18.5 Å². The molecule has 0 bridgehead atoms. The zero-order valence-corrected chi connectivity index (χ0v) is 12.1. The fourth-order valence-corrected chi connectivity index (χ4v) is 3.66. The number of rotatable bonds is 4. The molecule has 0 spiro atoms. The molecule has 19 heavy (non-hydrogen) atoms. The Hall–Kier alpha value is -1.21. The molecule has 2 N–H and O–H groups in total. The summed E-state index contributed by atoms with van der Waals surface area (Å²) < 4.78 is 1.79. The van der Waals surface area contributed by atoms with E-state index in [1.54, 1.807) is 11.3 Å². The summed E-state index contributed by atoms with van der Waals surface area (Å²) in [6, 6.07) is 5.79. The number of anilines is 1. The molecule has 0 fully saturated rings. The molecule has 98 valence electrons. The lowest BCUT2D eigenvalue weighted by Gasteiger charge is -2.05. The van der Waals surface area contributed by atoms with E-state index in [1.165, 1.54) is 11.3 Å². The molecule has 0 amide bonds. The largest absolute Gasteiger partial charge is 0.395 e. The monoisotopic (exact) mass is 311 g/mol. The highest BCUT2D eigenvalue weighted by Gasteiger charge is 2.12. The highest BCUT2D eigenvalue weighted by molar-refractivity contribution is 7.21. The first kappa shape index (κ1) is 12.8. The van der Waals surface area contributed by atoms with Crippen molar-refractivity contribution >= 4 is 50.4 Å². The van der Waals surface area contributed by atoms with Crippen molar-refractivity contribution in [3.8, 4) is 10.6 Å². The van der Waals surface area contributed by atoms with Gasteiger partial charge in [-0.2, -0.15) is 0 Å². The third-order valence-electron chi connectivity index (χ3n) is 2.51. The standard InChI is InChI=1S/C12H10ClN3OS2/c13-9-2-1-8(19-9)10-11-7(3-6-18-11)15-12(16-10)14-4-5-17/h1-3,6,17H,4-5H2,(H,14,15,16). The summed E-state index contributed by atoms with van der Waals surface area (Å²) in [4.78, 5) is 9.96. The van der Waals surface area contributed by atoms with Crippen molar-refractivity contribution in [2.24, 2.45) is 0 Å². The van der Waals surface area contributed by atoms with E-state index in [2.05, 4.69) is 15.3 Å². The number of aliphatic hydroxyl groups is 1. The fourth-order valence-electron chi connectivity index (χ4n) is 1.72. The number of fused-ring (bicyclic) bond motifs is 1. The van der Waals surface area contributed by atoms with Crippen LogP contribution < -0.4 is 5.32 Å². The molecule has 3 aromatic rings. The SMILES string of the molecule is OCCNc1nc(-c2ccc(Cl)s2)c2sccc2n1. The quantitative estimate of drug-likeness (QED) is 0.774. The summed E-state index contributed by atoms with van der Waals surface area (Å²) in [7, 11) is 0. The summed E-state index contributed by atoms with van der Waals surface area (Å²) in [5, 5.41) is 13.9. The number of halogens is 1. The van der Waals surface area contributed by atoms with Gasteiger partial charge >= 0.3 is 0 Å². The molecule has 4 nitrogen and oxygen atoms in total. The van der Waals surface area contributed by atoms with Crippen molar-refractivity contribution < 1.29 is 5.11 Å². The van der Waals surface area contributed by atoms with Crippen LogP contribution in [0.5, 0.6) is 0 Å². The average molecular weight is 312 g/mol. The number of thiophene rings is 2. The van der Waals surface area contributed by atoms with E-state index in [9.17, 15) is 0 Å². The van der Waals surface area contributed by atoms with E-state index in [0.717, 1.165) is 25.1 Å². The van der Waals surface area contributed by atoms with Crippen LogP contribution in [0, 0.1) is 0 Å². The molecule has 0 radical (unpaired) electrons. The lowest BCUT2D eigenvalue weighted by atomic mass is 10.3. The summed E-state index contributed by atoms with van der Waals surface area (Å²) in [5.41, 5.74) is 1.79. The molecule has 0 unspecified atom stereocenters. The number of hydrogen-bond acceptors (Lipinski definition) is 6. The van der Waals surface area contributed by atoms with Gasteiger partial charge in [0.15, 0.2) is 0 Å². The topological polar surface area (TPSA) is 58.0 Å². The number of aromatic nitrogens is 2. The van der Waals surface area contributed by atoms with Gasteiger partial charge in [-0.1, -0.05) is 11.6 Å². The third kappa shape index (κ3) is 2.57. The Morgan fingerprint density at radius 3 is 2.89 bits per heavy atom. The maximum atomic E-state index is 8.86. The Balaban J connectivity index is 2.12. The predicted molar refractivity (Wildman–Crippen MR) is 81.3 cm³/mol. The van der Waals surface area contributed by atoms with E-state index < -0.39 is 0 Å². The van der Waals surface area contributed by atoms with Crippen LogP contribution in [-0.4, -0.2) is 28.2 Å². The molecule has 0 saturated heterocycles. The minimum absolute atomic E-state index is 0.0468. The van der Waals surface area contributed by atoms with Crippen LogP contribution >= 0.6 is 34.3 Å². The molecular weight excluding hydrogens is 302 g/mol. The first-order valence-electron chi connectivity index (χ1n) is 5.63. The molecule has 0 atom stereocenters. The number of nitrogens with zero attached hydrogens (tertiary/aromatic N) is 2. The second kappa shape index (κ2) is 5.42. The highest BCUT2D eigenvalue weighted by atomic mass is 35.5. The minimum Gasteiger partial charge on any atom is -0.395 e. The predicted octanol–water partition coefficient (Wildman–Crippen LogP) is 3.48. The van der Waals surface area contributed by atoms with Crippen molar-refractivity contribution in [1.82, 2.24) is 9.97 Å². The van der Waals surface area contributed by atoms with Crippen LogP contribution in [0.3, 0.4) is 0 Å². The maximum absolute atomic E-state index is 8.86. The third-order valence-corrected chi connectivity index (χ3v) is 4.65. The Morgan fingerprint density at radius 2 is 2.16 bits per heavy atom. The maximum Gasteiger partial charge on any atom is 0.223 e. The van der Waals surface area contributed by atoms with E-state index >= 15 is 0 Å². The summed E-state index contributed by atoms with van der Waals surface area (Å²) in [6.07, 6.45) is 0. The summed E-state index contributed by atoms with van der Waals surface area (Å²) in [5.74, 6) is 0.527. The van der Waals surface area contributed by atoms with Crippen molar-refractivity contribution in [1.29, 1.82) is 0 Å². The van der Waals surface area contributed by atoms with Gasteiger partial charge in [0.2, 0.25) is 5.95 Å². The highest BCUT2D eigenvalue weighted by Crippen LogP contribution is 2.36. The van der Waals surface area contributed by atoms with Gasteiger partial charge in [0, 0.05) is 6.54 Å². The van der Waals surface area contributed by atoms with Crippen molar-refractivity contribution in [2.45, 2.75) is 0 Å². The van der Waals surface area contributed by atoms with Gasteiger partial charge < -0.3 is 10.4 Å². The van der Waals surface area contributed by atoms with Crippen LogP contribution in [-0.2, 0) is 0 Å². The molecule has 0 aromatic carbocycles. The lowest BCUT2D eigenvalue weighted by molar-refractivity contribution is 0.311. The Morgan fingerprint density at radius 1 is 1.26 bits per heavy atom. The number of hydrogen-bond donors (Lipinski definition) is 2. The van der Waals surface area contributed by atoms with E-state index in [1.807, 2.05) is 23.6 Å². The van der Waals surface area contributed by atoms with Gasteiger partial charge in [0.05, 0.1) is 26.0 Å². The summed E-state index contributed by atoms with van der Waals surface area (Å²) >= 11 is 9.10. The van der Waals surface area contributed by atoms with Crippen molar-refractivity contribution in [3.05, 3.63) is 27.9 Å².